The van der Waals surface area contributed by atoms with Gasteiger partial charge in [-0.25, -0.2) is 0 Å². The summed E-state index contributed by atoms with van der Waals surface area (Å²) in [7, 11) is 0. The largest absolute Gasteiger partial charge is 0.545 e. The van der Waals surface area contributed by atoms with Crippen LogP contribution in [0.4, 0.5) is 0 Å². The van der Waals surface area contributed by atoms with Gasteiger partial charge < -0.3 is 9.90 Å². The van der Waals surface area contributed by atoms with Gasteiger partial charge in [-0.15, -0.1) is 0 Å². The first-order valence-electron chi connectivity index (χ1n) is 1.51. The average molecular weight is 150 g/mol. The first kappa shape index (κ1) is 9.95. The van der Waals surface area contributed by atoms with E-state index in [0.29, 0.717) is 0 Å². The standard InChI is InChI=1S/C4H6O2.Zn/c1-3(2)4(5)6;/h1H2,2H3,(H,5,6);/p-1. The molecule has 0 unspecified atom stereocenters. The summed E-state index contributed by atoms with van der Waals surface area (Å²) in [5.41, 5.74) is 0.0648. The molecule has 0 aromatic carbocycles. The Morgan fingerprint density at radius 1 is 1.71 bits per heavy atom. The number of aliphatic carboxylic acids is 1. The monoisotopic (exact) mass is 149 g/mol. The molecule has 3 heteroatoms. The smallest absolute Gasteiger partial charge is 0.0666 e. The molecular formula is C4H5O2Zn-. The van der Waals surface area contributed by atoms with Gasteiger partial charge in [-0.3, -0.25) is 0 Å². The third-order valence-electron chi connectivity index (χ3n) is 0.348. The molecule has 0 aliphatic heterocycles. The van der Waals surface area contributed by atoms with Gasteiger partial charge in [0.1, 0.15) is 0 Å². The van der Waals surface area contributed by atoms with Crippen molar-refractivity contribution >= 4 is 5.97 Å². The van der Waals surface area contributed by atoms with Gasteiger partial charge in [-0.05, 0) is 12.5 Å². The fraction of sp³-hybridized carbons (Fsp3) is 0.250. The molecule has 0 radical (unpaired) electrons. The Hall–Kier alpha value is -0.167. The molecule has 0 aromatic rings. The zero-order valence-electron chi connectivity index (χ0n) is 4.23. The molecule has 0 atom stereocenters. The third-order valence-corrected chi connectivity index (χ3v) is 0.348. The van der Waals surface area contributed by atoms with E-state index >= 15 is 0 Å². The maximum atomic E-state index is 9.49. The van der Waals surface area contributed by atoms with Gasteiger partial charge in [0.25, 0.3) is 0 Å². The Balaban J connectivity index is 0. The number of carboxylic acid groups (broad SMARTS) is 1. The van der Waals surface area contributed by atoms with Crippen LogP contribution in [-0.4, -0.2) is 5.97 Å². The van der Waals surface area contributed by atoms with E-state index in [0.717, 1.165) is 0 Å². The number of carbonyl (C=O) groups excluding carboxylic acids is 1. The van der Waals surface area contributed by atoms with Crippen molar-refractivity contribution in [2.75, 3.05) is 0 Å². The van der Waals surface area contributed by atoms with E-state index in [-0.39, 0.29) is 25.1 Å². The number of hydrogen-bond donors (Lipinski definition) is 0. The molecule has 0 bridgehead atoms. The molecule has 0 aliphatic rings. The summed E-state index contributed by atoms with van der Waals surface area (Å²) >= 11 is 0. The maximum absolute atomic E-state index is 9.49. The third kappa shape index (κ3) is 5.83. The molecule has 0 N–H and O–H groups in total. The summed E-state index contributed by atoms with van der Waals surface area (Å²) in [6, 6.07) is 0. The van der Waals surface area contributed by atoms with E-state index in [1.54, 1.807) is 0 Å². The summed E-state index contributed by atoms with van der Waals surface area (Å²) in [5, 5.41) is 9.49. The van der Waals surface area contributed by atoms with Crippen LogP contribution in [0.2, 0.25) is 0 Å². The fourth-order valence-electron chi connectivity index (χ4n) is 0. The summed E-state index contributed by atoms with van der Waals surface area (Å²) in [6.07, 6.45) is 0. The Labute approximate surface area is 55.0 Å². The van der Waals surface area contributed by atoms with Gasteiger partial charge in [0.2, 0.25) is 0 Å². The SMILES string of the molecule is C=C(C)C(=O)[O-].[Zn]. The minimum absolute atomic E-state index is 0. The van der Waals surface area contributed by atoms with Crippen molar-refractivity contribution in [3.05, 3.63) is 12.2 Å². The van der Waals surface area contributed by atoms with E-state index in [2.05, 4.69) is 6.58 Å². The fourth-order valence-corrected chi connectivity index (χ4v) is 0. The molecular weight excluding hydrogens is 145 g/mol. The van der Waals surface area contributed by atoms with Crippen molar-refractivity contribution in [3.8, 4) is 0 Å². The van der Waals surface area contributed by atoms with Crippen LogP contribution < -0.4 is 5.11 Å². The van der Waals surface area contributed by atoms with E-state index < -0.39 is 5.97 Å². The Morgan fingerprint density at radius 2 is 1.86 bits per heavy atom. The second kappa shape index (κ2) is 4.00. The molecule has 0 amide bonds. The molecule has 2 nitrogen and oxygen atoms in total. The molecule has 0 saturated heterocycles. The van der Waals surface area contributed by atoms with Gasteiger partial charge in [0, 0.05) is 19.5 Å². The van der Waals surface area contributed by atoms with Crippen LogP contribution in [0.1, 0.15) is 6.92 Å². The van der Waals surface area contributed by atoms with Gasteiger partial charge in [0.15, 0.2) is 0 Å². The number of carbonyl (C=O) groups is 1. The Kier molecular flexibility index (Phi) is 5.69. The molecule has 0 rings (SSSR count). The molecule has 0 aliphatic carbocycles. The number of rotatable bonds is 1. The van der Waals surface area contributed by atoms with Gasteiger partial charge >= 0.3 is 0 Å². The normalized spacial score (nSPS) is 6.43. The van der Waals surface area contributed by atoms with Gasteiger partial charge in [-0.1, -0.05) is 6.58 Å². The van der Waals surface area contributed by atoms with Crippen molar-refractivity contribution in [2.45, 2.75) is 6.92 Å². The first-order valence-corrected chi connectivity index (χ1v) is 1.51. The van der Waals surface area contributed by atoms with Crippen molar-refractivity contribution < 1.29 is 29.4 Å². The van der Waals surface area contributed by atoms with Crippen LogP contribution >= 0.6 is 0 Å². The van der Waals surface area contributed by atoms with Gasteiger partial charge in [-0.2, -0.15) is 0 Å². The van der Waals surface area contributed by atoms with Crippen LogP contribution in [0, 0.1) is 0 Å². The van der Waals surface area contributed by atoms with E-state index in [1.807, 2.05) is 0 Å². The van der Waals surface area contributed by atoms with Crippen molar-refractivity contribution in [1.82, 2.24) is 0 Å². The zero-order chi connectivity index (χ0) is 5.15. The maximum Gasteiger partial charge on any atom is 0.0666 e. The molecule has 0 fully saturated rings. The Bertz CT molecular complexity index is 75.7. The van der Waals surface area contributed by atoms with E-state index in [4.69, 9.17) is 0 Å². The second-order valence-electron chi connectivity index (χ2n) is 1.07. The molecule has 0 saturated carbocycles. The minimum atomic E-state index is -1.19. The quantitative estimate of drug-likeness (QED) is 0.367. The van der Waals surface area contributed by atoms with Crippen molar-refractivity contribution in [2.24, 2.45) is 0 Å². The second-order valence-corrected chi connectivity index (χ2v) is 1.07. The minimum Gasteiger partial charge on any atom is -0.545 e. The average Bonchev–Trinajstić information content (AvgIpc) is 1.36. The summed E-state index contributed by atoms with van der Waals surface area (Å²) in [6.45, 7) is 4.48. The predicted molar refractivity (Wildman–Crippen MR) is 19.8 cm³/mol. The molecule has 0 aromatic heterocycles. The molecule has 36 valence electrons. The van der Waals surface area contributed by atoms with Crippen LogP contribution in [-0.2, 0) is 24.3 Å². The van der Waals surface area contributed by atoms with Crippen LogP contribution in [0.15, 0.2) is 12.2 Å². The predicted octanol–water partition coefficient (Wildman–Crippen LogP) is -0.690. The van der Waals surface area contributed by atoms with Gasteiger partial charge in [0.05, 0.1) is 5.97 Å². The number of hydrogen-bond acceptors (Lipinski definition) is 2. The summed E-state index contributed by atoms with van der Waals surface area (Å²) in [4.78, 5) is 9.49. The molecule has 7 heavy (non-hydrogen) atoms. The zero-order valence-corrected chi connectivity index (χ0v) is 7.20. The van der Waals surface area contributed by atoms with E-state index in [1.165, 1.54) is 6.92 Å². The molecule has 0 heterocycles. The summed E-state index contributed by atoms with van der Waals surface area (Å²) in [5.74, 6) is -1.19. The number of carboxylic acids is 1. The van der Waals surface area contributed by atoms with Crippen LogP contribution in [0.3, 0.4) is 0 Å². The Morgan fingerprint density at radius 3 is 1.86 bits per heavy atom. The van der Waals surface area contributed by atoms with Crippen molar-refractivity contribution in [3.63, 3.8) is 0 Å². The van der Waals surface area contributed by atoms with Crippen LogP contribution in [0.25, 0.3) is 0 Å². The topological polar surface area (TPSA) is 40.1 Å². The summed E-state index contributed by atoms with van der Waals surface area (Å²) < 4.78 is 0. The first-order chi connectivity index (χ1) is 2.64. The molecule has 0 spiro atoms. The van der Waals surface area contributed by atoms with E-state index in [9.17, 15) is 9.90 Å². The van der Waals surface area contributed by atoms with Crippen LogP contribution in [0.5, 0.6) is 0 Å². The van der Waals surface area contributed by atoms with Crippen molar-refractivity contribution in [1.29, 1.82) is 0 Å².